The van der Waals surface area contributed by atoms with Gasteiger partial charge in [0.05, 0.1) is 6.54 Å². The Hall–Kier alpha value is -2.35. The van der Waals surface area contributed by atoms with Crippen molar-refractivity contribution in [3.05, 3.63) is 41.7 Å². The lowest BCUT2D eigenvalue weighted by molar-refractivity contribution is 0.0701. The summed E-state index contributed by atoms with van der Waals surface area (Å²) < 4.78 is 1.94. The van der Waals surface area contributed by atoms with Crippen molar-refractivity contribution in [2.24, 2.45) is 5.73 Å². The Morgan fingerprint density at radius 3 is 2.90 bits per heavy atom. The number of carbonyl (C=O) groups excluding carboxylic acids is 1. The third-order valence-electron chi connectivity index (χ3n) is 3.19. The molecule has 2 aromatic heterocycles. The van der Waals surface area contributed by atoms with Gasteiger partial charge in [0, 0.05) is 24.8 Å². The van der Waals surface area contributed by atoms with Crippen molar-refractivity contribution in [2.45, 2.75) is 13.1 Å². The number of rotatable bonds is 2. The molecule has 1 aliphatic rings. The number of thiocarbonyl (C=S) groups is 1. The molecule has 0 radical (unpaired) electrons. The average molecular weight is 288 g/mol. The summed E-state index contributed by atoms with van der Waals surface area (Å²) in [6.45, 7) is 1.75. The summed E-state index contributed by atoms with van der Waals surface area (Å²) in [6.07, 6.45) is 3.19. The van der Waals surface area contributed by atoms with E-state index in [1.807, 2.05) is 4.57 Å². The zero-order valence-electron chi connectivity index (χ0n) is 10.6. The van der Waals surface area contributed by atoms with Gasteiger partial charge in [-0.2, -0.15) is 0 Å². The SMILES string of the molecule is NC(=S)c1ccc(C(=O)N2CCn3cnnc3C2)nc1. The van der Waals surface area contributed by atoms with Gasteiger partial charge in [-0.15, -0.1) is 10.2 Å². The van der Waals surface area contributed by atoms with Crippen LogP contribution >= 0.6 is 12.2 Å². The van der Waals surface area contributed by atoms with Crippen LogP contribution < -0.4 is 5.73 Å². The smallest absolute Gasteiger partial charge is 0.272 e. The lowest BCUT2D eigenvalue weighted by Gasteiger charge is -2.26. The number of nitrogens with zero attached hydrogens (tertiary/aromatic N) is 5. The maximum atomic E-state index is 12.4. The van der Waals surface area contributed by atoms with Gasteiger partial charge in [0.15, 0.2) is 5.82 Å². The van der Waals surface area contributed by atoms with E-state index in [1.165, 1.54) is 6.20 Å². The first kappa shape index (κ1) is 12.7. The Bertz CT molecular complexity index is 665. The highest BCUT2D eigenvalue weighted by Gasteiger charge is 2.23. The van der Waals surface area contributed by atoms with Gasteiger partial charge < -0.3 is 15.2 Å². The maximum Gasteiger partial charge on any atom is 0.272 e. The quantitative estimate of drug-likeness (QED) is 0.780. The van der Waals surface area contributed by atoms with Crippen LogP contribution in [-0.4, -0.2) is 42.1 Å². The second-order valence-electron chi connectivity index (χ2n) is 4.46. The molecule has 0 fully saturated rings. The molecule has 1 aliphatic heterocycles. The van der Waals surface area contributed by atoms with Crippen molar-refractivity contribution in [3.8, 4) is 0 Å². The first-order valence-electron chi connectivity index (χ1n) is 6.07. The van der Waals surface area contributed by atoms with E-state index in [0.29, 0.717) is 30.9 Å². The third kappa shape index (κ3) is 2.25. The van der Waals surface area contributed by atoms with Crippen LogP contribution in [0.5, 0.6) is 0 Å². The van der Waals surface area contributed by atoms with Crippen molar-refractivity contribution in [1.29, 1.82) is 0 Å². The predicted molar refractivity (Wildman–Crippen MR) is 74.9 cm³/mol. The third-order valence-corrected chi connectivity index (χ3v) is 3.43. The minimum absolute atomic E-state index is 0.131. The number of fused-ring (bicyclic) bond motifs is 1. The summed E-state index contributed by atoms with van der Waals surface area (Å²) >= 11 is 4.85. The van der Waals surface area contributed by atoms with Crippen LogP contribution in [0.15, 0.2) is 24.7 Å². The molecular formula is C12H12N6OS. The molecule has 8 heteroatoms. The predicted octanol–water partition coefficient (Wildman–Crippen LogP) is -0.0367. The minimum atomic E-state index is -0.131. The van der Waals surface area contributed by atoms with Crippen molar-refractivity contribution in [3.63, 3.8) is 0 Å². The highest BCUT2D eigenvalue weighted by molar-refractivity contribution is 7.80. The number of aromatic nitrogens is 4. The lowest BCUT2D eigenvalue weighted by Crippen LogP contribution is -2.38. The Kier molecular flexibility index (Phi) is 3.15. The van der Waals surface area contributed by atoms with Crippen molar-refractivity contribution < 1.29 is 4.79 Å². The van der Waals surface area contributed by atoms with E-state index in [2.05, 4.69) is 15.2 Å². The van der Waals surface area contributed by atoms with E-state index in [1.54, 1.807) is 23.4 Å². The summed E-state index contributed by atoms with van der Waals surface area (Å²) in [5.74, 6) is 0.651. The molecule has 3 heterocycles. The van der Waals surface area contributed by atoms with Crippen LogP contribution in [0.2, 0.25) is 0 Å². The van der Waals surface area contributed by atoms with E-state index in [-0.39, 0.29) is 10.9 Å². The van der Waals surface area contributed by atoms with Crippen molar-refractivity contribution in [1.82, 2.24) is 24.6 Å². The van der Waals surface area contributed by atoms with Gasteiger partial charge in [-0.3, -0.25) is 9.78 Å². The van der Waals surface area contributed by atoms with Crippen molar-refractivity contribution >= 4 is 23.1 Å². The summed E-state index contributed by atoms with van der Waals surface area (Å²) in [5.41, 5.74) is 6.52. The van der Waals surface area contributed by atoms with E-state index < -0.39 is 0 Å². The molecule has 0 aromatic carbocycles. The van der Waals surface area contributed by atoms with Gasteiger partial charge in [0.2, 0.25) is 0 Å². The molecule has 20 heavy (non-hydrogen) atoms. The van der Waals surface area contributed by atoms with Gasteiger partial charge >= 0.3 is 0 Å². The van der Waals surface area contributed by atoms with Gasteiger partial charge in [0.25, 0.3) is 5.91 Å². The van der Waals surface area contributed by atoms with Crippen LogP contribution in [0.1, 0.15) is 21.9 Å². The molecule has 1 amide bonds. The van der Waals surface area contributed by atoms with E-state index in [0.717, 1.165) is 5.82 Å². The fraction of sp³-hybridized carbons (Fsp3) is 0.250. The van der Waals surface area contributed by atoms with Gasteiger partial charge in [0.1, 0.15) is 17.0 Å². The average Bonchev–Trinajstić information content (AvgIpc) is 2.94. The zero-order valence-corrected chi connectivity index (χ0v) is 11.4. The highest BCUT2D eigenvalue weighted by atomic mass is 32.1. The van der Waals surface area contributed by atoms with Gasteiger partial charge in [-0.05, 0) is 12.1 Å². The fourth-order valence-corrected chi connectivity index (χ4v) is 2.19. The van der Waals surface area contributed by atoms with Gasteiger partial charge in [-0.25, -0.2) is 0 Å². The topological polar surface area (TPSA) is 89.9 Å². The van der Waals surface area contributed by atoms with E-state index in [4.69, 9.17) is 18.0 Å². The number of amides is 1. The summed E-state index contributed by atoms with van der Waals surface area (Å²) in [6, 6.07) is 3.34. The van der Waals surface area contributed by atoms with Crippen LogP contribution in [0.3, 0.4) is 0 Å². The minimum Gasteiger partial charge on any atom is -0.389 e. The van der Waals surface area contributed by atoms with Crippen LogP contribution in [0.4, 0.5) is 0 Å². The largest absolute Gasteiger partial charge is 0.389 e. The molecule has 2 N–H and O–H groups in total. The molecule has 7 nitrogen and oxygen atoms in total. The van der Waals surface area contributed by atoms with Crippen molar-refractivity contribution in [2.75, 3.05) is 6.54 Å². The summed E-state index contributed by atoms with van der Waals surface area (Å²) in [4.78, 5) is 18.4. The number of hydrogen-bond donors (Lipinski definition) is 1. The normalized spacial score (nSPS) is 13.9. The van der Waals surface area contributed by atoms with E-state index >= 15 is 0 Å². The molecule has 0 aliphatic carbocycles. The monoisotopic (exact) mass is 288 g/mol. The van der Waals surface area contributed by atoms with E-state index in [9.17, 15) is 4.79 Å². The maximum absolute atomic E-state index is 12.4. The van der Waals surface area contributed by atoms with Crippen LogP contribution in [-0.2, 0) is 13.1 Å². The molecule has 0 unspecified atom stereocenters. The molecule has 3 rings (SSSR count). The molecule has 2 aromatic rings. The summed E-state index contributed by atoms with van der Waals surface area (Å²) in [5, 5.41) is 7.82. The molecule has 0 atom stereocenters. The number of carbonyl (C=O) groups is 1. The number of pyridine rings is 1. The first-order chi connectivity index (χ1) is 9.65. The second-order valence-corrected chi connectivity index (χ2v) is 4.90. The van der Waals surface area contributed by atoms with Gasteiger partial charge in [-0.1, -0.05) is 12.2 Å². The fourth-order valence-electron chi connectivity index (χ4n) is 2.07. The number of nitrogens with two attached hydrogens (primary N) is 1. The Morgan fingerprint density at radius 2 is 2.20 bits per heavy atom. The Labute approximate surface area is 120 Å². The molecular weight excluding hydrogens is 276 g/mol. The molecule has 102 valence electrons. The molecule has 0 saturated carbocycles. The lowest BCUT2D eigenvalue weighted by atomic mass is 10.2. The first-order valence-corrected chi connectivity index (χ1v) is 6.48. The van der Waals surface area contributed by atoms with Crippen LogP contribution in [0, 0.1) is 0 Å². The Morgan fingerprint density at radius 1 is 1.35 bits per heavy atom. The second kappa shape index (κ2) is 4.97. The standard InChI is InChI=1S/C12H12N6OS/c13-11(20)8-1-2-9(14-5-8)12(19)17-3-4-18-7-15-16-10(18)6-17/h1-2,5,7H,3-4,6H2,(H2,13,20). The van der Waals surface area contributed by atoms with Crippen LogP contribution in [0.25, 0.3) is 0 Å². The molecule has 0 bridgehead atoms. The highest BCUT2D eigenvalue weighted by Crippen LogP contribution is 2.12. The molecule has 0 saturated heterocycles. The summed E-state index contributed by atoms with van der Waals surface area (Å²) in [7, 11) is 0. The molecule has 0 spiro atoms. The Balaban J connectivity index is 1.78. The number of hydrogen-bond acceptors (Lipinski definition) is 5. The zero-order chi connectivity index (χ0) is 14.1.